The third kappa shape index (κ3) is 2.82. The van der Waals surface area contributed by atoms with Crippen molar-refractivity contribution >= 4 is 16.7 Å². The molecule has 0 saturated carbocycles. The molecule has 0 radical (unpaired) electrons. The second-order valence-electron chi connectivity index (χ2n) is 4.90. The number of para-hydroxylation sites is 1. The Bertz CT molecular complexity index is 872. The van der Waals surface area contributed by atoms with Crippen molar-refractivity contribution in [2.45, 2.75) is 6.42 Å². The molecule has 3 aromatic rings. The summed E-state index contributed by atoms with van der Waals surface area (Å²) in [5.74, 6) is -0.0747. The molecule has 0 spiro atoms. The fraction of sp³-hybridized carbons (Fsp3) is 0.0526. The lowest BCUT2D eigenvalue weighted by Crippen LogP contribution is -2.12. The van der Waals surface area contributed by atoms with Crippen LogP contribution in [0.25, 0.3) is 10.8 Å². The lowest BCUT2D eigenvalue weighted by molar-refractivity contribution is -0.133. The molecular weight excluding hydrogens is 274 g/mol. The van der Waals surface area contributed by atoms with E-state index in [1.165, 1.54) is 0 Å². The number of fused-ring (bicyclic) bond motifs is 1. The molecule has 0 fully saturated rings. The molecule has 0 aromatic heterocycles. The minimum Gasteiger partial charge on any atom is -0.425 e. The van der Waals surface area contributed by atoms with Gasteiger partial charge in [-0.1, -0.05) is 54.6 Å². The third-order valence-electron chi connectivity index (χ3n) is 3.45. The Hall–Kier alpha value is -3.12. The molecule has 3 rings (SSSR count). The van der Waals surface area contributed by atoms with Crippen LogP contribution in [0.2, 0.25) is 0 Å². The molecule has 0 heterocycles. The highest BCUT2D eigenvalue weighted by Gasteiger charge is 2.11. The molecule has 0 bridgehead atoms. The van der Waals surface area contributed by atoms with Crippen LogP contribution in [0.3, 0.4) is 0 Å². The molecule has 0 saturated heterocycles. The molecule has 0 atom stereocenters. The SMILES string of the molecule is N#Cc1ccccc1OC(=O)Cc1cccc2ccccc12. The van der Waals surface area contributed by atoms with Crippen molar-refractivity contribution in [1.29, 1.82) is 5.26 Å². The normalized spacial score (nSPS) is 10.1. The summed E-state index contributed by atoms with van der Waals surface area (Å²) in [5, 5.41) is 11.1. The van der Waals surface area contributed by atoms with Gasteiger partial charge in [0, 0.05) is 0 Å². The molecule has 0 aliphatic heterocycles. The Morgan fingerprint density at radius 3 is 2.55 bits per heavy atom. The summed E-state index contributed by atoms with van der Waals surface area (Å²) in [4.78, 5) is 12.2. The zero-order chi connectivity index (χ0) is 15.4. The maximum absolute atomic E-state index is 12.2. The number of nitriles is 1. The van der Waals surface area contributed by atoms with Gasteiger partial charge in [0.05, 0.1) is 12.0 Å². The van der Waals surface area contributed by atoms with Gasteiger partial charge in [-0.2, -0.15) is 5.26 Å². The van der Waals surface area contributed by atoms with Crippen molar-refractivity contribution in [3.63, 3.8) is 0 Å². The Balaban J connectivity index is 1.84. The Morgan fingerprint density at radius 1 is 0.955 bits per heavy atom. The first-order chi connectivity index (χ1) is 10.8. The van der Waals surface area contributed by atoms with Crippen molar-refractivity contribution in [3.8, 4) is 11.8 Å². The highest BCUT2D eigenvalue weighted by molar-refractivity contribution is 5.89. The molecule has 0 N–H and O–H groups in total. The summed E-state index contributed by atoms with van der Waals surface area (Å²) in [6, 6.07) is 22.5. The first-order valence-corrected chi connectivity index (χ1v) is 6.94. The number of rotatable bonds is 3. The largest absolute Gasteiger partial charge is 0.425 e. The molecule has 3 nitrogen and oxygen atoms in total. The maximum atomic E-state index is 12.2. The first-order valence-electron chi connectivity index (χ1n) is 6.94. The Kier molecular flexibility index (Phi) is 3.84. The van der Waals surface area contributed by atoms with Gasteiger partial charge < -0.3 is 4.74 Å². The molecule has 0 aliphatic rings. The van der Waals surface area contributed by atoms with Gasteiger partial charge in [-0.3, -0.25) is 4.79 Å². The van der Waals surface area contributed by atoms with Crippen molar-refractivity contribution in [2.75, 3.05) is 0 Å². The lowest BCUT2D eigenvalue weighted by Gasteiger charge is -2.08. The fourth-order valence-corrected chi connectivity index (χ4v) is 2.41. The van der Waals surface area contributed by atoms with Crippen LogP contribution in [0.1, 0.15) is 11.1 Å². The van der Waals surface area contributed by atoms with Crippen molar-refractivity contribution in [3.05, 3.63) is 77.9 Å². The van der Waals surface area contributed by atoms with E-state index in [0.29, 0.717) is 11.3 Å². The number of esters is 1. The Labute approximate surface area is 128 Å². The zero-order valence-corrected chi connectivity index (χ0v) is 11.8. The highest BCUT2D eigenvalue weighted by atomic mass is 16.5. The van der Waals surface area contributed by atoms with E-state index in [9.17, 15) is 4.79 Å². The van der Waals surface area contributed by atoms with Gasteiger partial charge in [-0.05, 0) is 28.5 Å². The average Bonchev–Trinajstić information content (AvgIpc) is 2.55. The summed E-state index contributed by atoms with van der Waals surface area (Å²) in [6.07, 6.45) is 0.168. The van der Waals surface area contributed by atoms with E-state index in [-0.39, 0.29) is 12.4 Å². The summed E-state index contributed by atoms with van der Waals surface area (Å²) >= 11 is 0. The summed E-state index contributed by atoms with van der Waals surface area (Å²) in [6.45, 7) is 0. The smallest absolute Gasteiger partial charge is 0.315 e. The van der Waals surface area contributed by atoms with Gasteiger partial charge >= 0.3 is 5.97 Å². The standard InChI is InChI=1S/C19H13NO2/c20-13-16-7-2-4-11-18(16)22-19(21)12-15-9-5-8-14-6-1-3-10-17(14)15/h1-11H,12H2. The number of hydrogen-bond acceptors (Lipinski definition) is 3. The van der Waals surface area contributed by atoms with E-state index >= 15 is 0 Å². The van der Waals surface area contributed by atoms with Crippen LogP contribution in [0.5, 0.6) is 5.75 Å². The molecule has 0 amide bonds. The first kappa shape index (κ1) is 13.8. The second-order valence-corrected chi connectivity index (χ2v) is 4.90. The van der Waals surface area contributed by atoms with Crippen molar-refractivity contribution < 1.29 is 9.53 Å². The van der Waals surface area contributed by atoms with Crippen LogP contribution in [0.15, 0.2) is 66.7 Å². The summed E-state index contributed by atoms with van der Waals surface area (Å²) in [7, 11) is 0. The molecule has 22 heavy (non-hydrogen) atoms. The monoisotopic (exact) mass is 287 g/mol. The number of ether oxygens (including phenoxy) is 1. The predicted molar refractivity (Wildman–Crippen MR) is 84.4 cm³/mol. The number of hydrogen-bond donors (Lipinski definition) is 0. The van der Waals surface area contributed by atoms with Gasteiger partial charge in [-0.15, -0.1) is 0 Å². The molecule has 0 unspecified atom stereocenters. The number of carbonyl (C=O) groups excluding carboxylic acids is 1. The molecule has 3 heteroatoms. The second kappa shape index (κ2) is 6.11. The van der Waals surface area contributed by atoms with Crippen LogP contribution >= 0.6 is 0 Å². The van der Waals surface area contributed by atoms with Crippen LogP contribution in [0, 0.1) is 11.3 Å². The molecule has 0 aliphatic carbocycles. The third-order valence-corrected chi connectivity index (χ3v) is 3.45. The highest BCUT2D eigenvalue weighted by Crippen LogP contribution is 2.21. The van der Waals surface area contributed by atoms with Gasteiger partial charge in [-0.25, -0.2) is 0 Å². The van der Waals surface area contributed by atoms with E-state index in [4.69, 9.17) is 10.00 Å². The maximum Gasteiger partial charge on any atom is 0.315 e. The number of benzene rings is 3. The number of carbonyl (C=O) groups is 1. The summed E-state index contributed by atoms with van der Waals surface area (Å²) < 4.78 is 5.33. The van der Waals surface area contributed by atoms with Crippen LogP contribution in [-0.4, -0.2) is 5.97 Å². The van der Waals surface area contributed by atoms with E-state index in [1.807, 2.05) is 48.5 Å². The molecule has 106 valence electrons. The van der Waals surface area contributed by atoms with Crippen LogP contribution in [-0.2, 0) is 11.2 Å². The van der Waals surface area contributed by atoms with Gasteiger partial charge in [0.2, 0.25) is 0 Å². The predicted octanol–water partition coefficient (Wildman–Crippen LogP) is 3.86. The topological polar surface area (TPSA) is 50.1 Å². The van der Waals surface area contributed by atoms with Gasteiger partial charge in [0.25, 0.3) is 0 Å². The lowest BCUT2D eigenvalue weighted by atomic mass is 10.0. The van der Waals surface area contributed by atoms with Crippen LogP contribution in [0.4, 0.5) is 0 Å². The Morgan fingerprint density at radius 2 is 1.68 bits per heavy atom. The minimum absolute atomic E-state index is 0.168. The van der Waals surface area contributed by atoms with Crippen molar-refractivity contribution in [2.24, 2.45) is 0 Å². The number of nitrogens with zero attached hydrogens (tertiary/aromatic N) is 1. The van der Waals surface area contributed by atoms with E-state index in [1.54, 1.807) is 24.3 Å². The average molecular weight is 287 g/mol. The minimum atomic E-state index is -0.376. The van der Waals surface area contributed by atoms with Gasteiger partial charge in [0.15, 0.2) is 0 Å². The van der Waals surface area contributed by atoms with Crippen molar-refractivity contribution in [1.82, 2.24) is 0 Å². The molecule has 3 aromatic carbocycles. The quantitative estimate of drug-likeness (QED) is 0.543. The van der Waals surface area contributed by atoms with Gasteiger partial charge in [0.1, 0.15) is 11.8 Å². The summed E-state index contributed by atoms with van der Waals surface area (Å²) in [5.41, 5.74) is 1.27. The van der Waals surface area contributed by atoms with E-state index in [0.717, 1.165) is 16.3 Å². The van der Waals surface area contributed by atoms with E-state index < -0.39 is 0 Å². The molecular formula is C19H13NO2. The van der Waals surface area contributed by atoms with E-state index in [2.05, 4.69) is 0 Å². The fourth-order valence-electron chi connectivity index (χ4n) is 2.41. The van der Waals surface area contributed by atoms with Crippen LogP contribution < -0.4 is 4.74 Å². The zero-order valence-electron chi connectivity index (χ0n) is 11.8.